The molecule has 1 fully saturated rings. The van der Waals surface area contributed by atoms with E-state index in [-0.39, 0.29) is 23.2 Å². The summed E-state index contributed by atoms with van der Waals surface area (Å²) in [5, 5.41) is 16.6. The van der Waals surface area contributed by atoms with Crippen molar-refractivity contribution in [2.45, 2.75) is 18.9 Å². The molecule has 0 spiro atoms. The molecule has 1 aliphatic carbocycles. The van der Waals surface area contributed by atoms with Crippen LogP contribution in [0.1, 0.15) is 23.2 Å². The molecule has 1 saturated carbocycles. The molecule has 2 heterocycles. The molecule has 4 aromatic rings. The number of fused-ring (bicyclic) bond motifs is 3. The number of carboxylic acids is 1. The smallest absolute Gasteiger partial charge is 0.335 e. The molecule has 1 aliphatic rings. The van der Waals surface area contributed by atoms with E-state index >= 15 is 0 Å². The summed E-state index contributed by atoms with van der Waals surface area (Å²) in [6, 6.07) is 8.74. The van der Waals surface area contributed by atoms with Crippen molar-refractivity contribution in [2.24, 2.45) is 0 Å². The SMILES string of the molecule is O=C(O)c1ccc2c(c1)nc(NC1CC1)c1nc(Nc3cccc(F)c3F)ncc12. The Morgan fingerprint density at radius 2 is 1.93 bits per heavy atom. The average molecular weight is 407 g/mol. The standard InChI is InChI=1S/C21H15F2N5O2/c22-14-2-1-3-15(17(14)23)27-21-24-9-13-12-7-4-10(20(29)30)8-16(12)26-19(18(13)28-21)25-11-5-6-11/h1-4,7-9,11H,5-6H2,(H,25,26)(H,29,30)(H,24,27,28). The molecular formula is C21H15F2N5O2. The second-order valence-electron chi connectivity index (χ2n) is 7.10. The van der Waals surface area contributed by atoms with Crippen LogP contribution in [0.2, 0.25) is 0 Å². The number of halogens is 2. The normalized spacial score (nSPS) is 13.5. The number of hydrogen-bond donors (Lipinski definition) is 3. The summed E-state index contributed by atoms with van der Waals surface area (Å²) < 4.78 is 27.5. The summed E-state index contributed by atoms with van der Waals surface area (Å²) in [5.41, 5.74) is 1.07. The summed E-state index contributed by atoms with van der Waals surface area (Å²) in [6.07, 6.45) is 3.56. The van der Waals surface area contributed by atoms with Gasteiger partial charge in [0, 0.05) is 23.0 Å². The van der Waals surface area contributed by atoms with Gasteiger partial charge in [0.1, 0.15) is 5.52 Å². The van der Waals surface area contributed by atoms with E-state index in [1.54, 1.807) is 12.3 Å². The first kappa shape index (κ1) is 18.2. The monoisotopic (exact) mass is 407 g/mol. The quantitative estimate of drug-likeness (QED) is 0.420. The third-order valence-electron chi connectivity index (χ3n) is 4.90. The van der Waals surface area contributed by atoms with Crippen molar-refractivity contribution in [3.05, 3.63) is 59.8 Å². The van der Waals surface area contributed by atoms with Gasteiger partial charge < -0.3 is 15.7 Å². The minimum Gasteiger partial charge on any atom is -0.478 e. The highest BCUT2D eigenvalue weighted by Crippen LogP contribution is 2.33. The van der Waals surface area contributed by atoms with Crippen molar-refractivity contribution in [1.82, 2.24) is 15.0 Å². The van der Waals surface area contributed by atoms with Crippen molar-refractivity contribution >= 4 is 45.2 Å². The second kappa shape index (κ2) is 6.87. The molecule has 7 nitrogen and oxygen atoms in total. The van der Waals surface area contributed by atoms with Gasteiger partial charge in [0.25, 0.3) is 0 Å². The minimum absolute atomic E-state index is 0.0779. The van der Waals surface area contributed by atoms with E-state index in [0.29, 0.717) is 27.6 Å². The van der Waals surface area contributed by atoms with Gasteiger partial charge in [-0.1, -0.05) is 12.1 Å². The van der Waals surface area contributed by atoms with E-state index in [4.69, 9.17) is 0 Å². The van der Waals surface area contributed by atoms with Crippen LogP contribution >= 0.6 is 0 Å². The lowest BCUT2D eigenvalue weighted by Gasteiger charge is -2.12. The summed E-state index contributed by atoms with van der Waals surface area (Å²) in [4.78, 5) is 24.6. The Hall–Kier alpha value is -3.88. The van der Waals surface area contributed by atoms with Crippen molar-refractivity contribution in [1.29, 1.82) is 0 Å². The van der Waals surface area contributed by atoms with Crippen LogP contribution in [0.3, 0.4) is 0 Å². The molecular weight excluding hydrogens is 392 g/mol. The number of anilines is 3. The van der Waals surface area contributed by atoms with Crippen LogP contribution in [0.4, 0.5) is 26.2 Å². The minimum atomic E-state index is -1.04. The molecule has 0 amide bonds. The maximum absolute atomic E-state index is 14.0. The highest BCUT2D eigenvalue weighted by Gasteiger charge is 2.24. The van der Waals surface area contributed by atoms with Gasteiger partial charge in [0.05, 0.1) is 16.8 Å². The van der Waals surface area contributed by atoms with Gasteiger partial charge in [-0.15, -0.1) is 0 Å². The molecule has 0 aliphatic heterocycles. The lowest BCUT2D eigenvalue weighted by atomic mass is 10.1. The molecule has 2 aromatic carbocycles. The number of nitrogens with zero attached hydrogens (tertiary/aromatic N) is 3. The molecule has 0 bridgehead atoms. The van der Waals surface area contributed by atoms with Gasteiger partial charge in [-0.25, -0.2) is 28.5 Å². The second-order valence-corrected chi connectivity index (χ2v) is 7.10. The molecule has 2 aromatic heterocycles. The Labute approximate surface area is 168 Å². The van der Waals surface area contributed by atoms with Crippen LogP contribution in [0.15, 0.2) is 42.6 Å². The van der Waals surface area contributed by atoms with Crippen molar-refractivity contribution in [3.63, 3.8) is 0 Å². The summed E-state index contributed by atoms with van der Waals surface area (Å²) >= 11 is 0. The van der Waals surface area contributed by atoms with Crippen molar-refractivity contribution in [3.8, 4) is 0 Å². The Morgan fingerprint density at radius 1 is 1.10 bits per heavy atom. The van der Waals surface area contributed by atoms with Gasteiger partial charge in [0.15, 0.2) is 17.5 Å². The van der Waals surface area contributed by atoms with E-state index in [1.807, 2.05) is 0 Å². The molecule has 0 radical (unpaired) electrons. The number of aromatic carboxylic acids is 1. The number of carbonyl (C=O) groups is 1. The van der Waals surface area contributed by atoms with Crippen molar-refractivity contribution in [2.75, 3.05) is 10.6 Å². The highest BCUT2D eigenvalue weighted by atomic mass is 19.2. The van der Waals surface area contributed by atoms with Gasteiger partial charge in [-0.05, 0) is 37.1 Å². The lowest BCUT2D eigenvalue weighted by Crippen LogP contribution is -2.07. The molecule has 0 atom stereocenters. The first-order valence-corrected chi connectivity index (χ1v) is 9.31. The fraction of sp³-hybridized carbons (Fsp3) is 0.143. The van der Waals surface area contributed by atoms with Gasteiger partial charge in [-0.2, -0.15) is 0 Å². The van der Waals surface area contributed by atoms with E-state index in [1.165, 1.54) is 24.3 Å². The number of benzene rings is 2. The molecule has 3 N–H and O–H groups in total. The molecule has 9 heteroatoms. The van der Waals surface area contributed by atoms with E-state index in [0.717, 1.165) is 18.9 Å². The Morgan fingerprint density at radius 3 is 2.70 bits per heavy atom. The predicted octanol–water partition coefficient (Wildman–Crippen LogP) is 4.47. The highest BCUT2D eigenvalue weighted by molar-refractivity contribution is 6.09. The topological polar surface area (TPSA) is 100 Å². The van der Waals surface area contributed by atoms with Crippen molar-refractivity contribution < 1.29 is 18.7 Å². The number of carboxylic acid groups (broad SMARTS) is 1. The van der Waals surface area contributed by atoms with Crippen LogP contribution in [0.5, 0.6) is 0 Å². The van der Waals surface area contributed by atoms with E-state index < -0.39 is 17.6 Å². The van der Waals surface area contributed by atoms with Crippen LogP contribution in [-0.2, 0) is 0 Å². The third-order valence-corrected chi connectivity index (χ3v) is 4.90. The van der Waals surface area contributed by atoms with Gasteiger partial charge >= 0.3 is 5.97 Å². The summed E-state index contributed by atoms with van der Waals surface area (Å²) in [6.45, 7) is 0. The largest absolute Gasteiger partial charge is 0.478 e. The van der Waals surface area contributed by atoms with Gasteiger partial charge in [0.2, 0.25) is 5.95 Å². The zero-order valence-electron chi connectivity index (χ0n) is 15.5. The van der Waals surface area contributed by atoms with Crippen LogP contribution in [0.25, 0.3) is 21.8 Å². The average Bonchev–Trinajstić information content (AvgIpc) is 3.55. The molecule has 0 unspecified atom stereocenters. The molecule has 5 rings (SSSR count). The third kappa shape index (κ3) is 3.24. The predicted molar refractivity (Wildman–Crippen MR) is 108 cm³/mol. The number of rotatable bonds is 5. The number of aromatic nitrogens is 3. The molecule has 30 heavy (non-hydrogen) atoms. The van der Waals surface area contributed by atoms with Crippen LogP contribution in [0, 0.1) is 11.6 Å². The zero-order valence-corrected chi connectivity index (χ0v) is 15.5. The molecule has 150 valence electrons. The first-order chi connectivity index (χ1) is 14.5. The maximum Gasteiger partial charge on any atom is 0.335 e. The molecule has 0 saturated heterocycles. The van der Waals surface area contributed by atoms with Crippen LogP contribution in [-0.4, -0.2) is 32.1 Å². The summed E-state index contributed by atoms with van der Waals surface area (Å²) in [7, 11) is 0. The van der Waals surface area contributed by atoms with E-state index in [2.05, 4.69) is 25.6 Å². The van der Waals surface area contributed by atoms with Gasteiger partial charge in [-0.3, -0.25) is 0 Å². The zero-order chi connectivity index (χ0) is 20.8. The van der Waals surface area contributed by atoms with Crippen LogP contribution < -0.4 is 10.6 Å². The lowest BCUT2D eigenvalue weighted by molar-refractivity contribution is 0.0697. The van der Waals surface area contributed by atoms with E-state index in [9.17, 15) is 18.7 Å². The number of hydrogen-bond acceptors (Lipinski definition) is 6. The fourth-order valence-corrected chi connectivity index (χ4v) is 3.22. The number of pyridine rings is 1. The Balaban J connectivity index is 1.65. The maximum atomic E-state index is 14.0. The fourth-order valence-electron chi connectivity index (χ4n) is 3.22. The summed E-state index contributed by atoms with van der Waals surface area (Å²) in [5.74, 6) is -2.44. The number of nitrogens with one attached hydrogen (secondary N) is 2. The Kier molecular flexibility index (Phi) is 4.16. The first-order valence-electron chi connectivity index (χ1n) is 9.31. The Bertz CT molecular complexity index is 1320.